The van der Waals surface area contributed by atoms with Crippen LogP contribution in [0.5, 0.6) is 0 Å². The topological polar surface area (TPSA) is 75.2 Å². The Hall–Kier alpha value is -2.65. The third-order valence-electron chi connectivity index (χ3n) is 5.16. The van der Waals surface area contributed by atoms with Gasteiger partial charge in [0.2, 0.25) is 5.91 Å². The van der Waals surface area contributed by atoms with Gasteiger partial charge in [0.1, 0.15) is 5.82 Å². The zero-order valence-corrected chi connectivity index (χ0v) is 17.8. The molecule has 2 aromatic heterocycles. The molecule has 6 nitrogen and oxygen atoms in total. The molecule has 1 N–H and O–H groups in total. The molecule has 156 valence electrons. The highest BCUT2D eigenvalue weighted by molar-refractivity contribution is 7.10. The zero-order valence-electron chi connectivity index (χ0n) is 16.2. The molecule has 0 bridgehead atoms. The average Bonchev–Trinajstić information content (AvgIpc) is 3.46. The van der Waals surface area contributed by atoms with Gasteiger partial charge in [-0.2, -0.15) is 0 Å². The summed E-state index contributed by atoms with van der Waals surface area (Å²) in [7, 11) is 0. The molecule has 2 heterocycles. The first-order valence-corrected chi connectivity index (χ1v) is 11.5. The molecule has 3 aromatic rings. The van der Waals surface area contributed by atoms with Crippen LogP contribution in [0.3, 0.4) is 0 Å². The van der Waals surface area contributed by atoms with Crippen molar-refractivity contribution < 1.29 is 14.0 Å². The zero-order chi connectivity index (χ0) is 20.9. The lowest BCUT2D eigenvalue weighted by Gasteiger charge is -2.32. The van der Waals surface area contributed by atoms with Gasteiger partial charge in [-0.15, -0.1) is 16.4 Å². The van der Waals surface area contributed by atoms with Crippen LogP contribution in [0.4, 0.5) is 10.1 Å². The van der Waals surface area contributed by atoms with E-state index in [1.54, 1.807) is 6.07 Å². The Labute approximate surface area is 181 Å². The predicted octanol–water partition coefficient (Wildman–Crippen LogP) is 4.58. The summed E-state index contributed by atoms with van der Waals surface area (Å²) in [4.78, 5) is 28.9. The van der Waals surface area contributed by atoms with E-state index >= 15 is 0 Å². The van der Waals surface area contributed by atoms with E-state index in [1.807, 2.05) is 17.5 Å². The Morgan fingerprint density at radius 2 is 2.00 bits per heavy atom. The maximum atomic E-state index is 14.1. The summed E-state index contributed by atoms with van der Waals surface area (Å²) < 4.78 is 17.8. The summed E-state index contributed by atoms with van der Waals surface area (Å²) in [6, 6.07) is 8.51. The number of benzene rings is 1. The molecule has 1 aliphatic rings. The quantitative estimate of drug-likeness (QED) is 0.604. The van der Waals surface area contributed by atoms with Crippen LogP contribution < -0.4 is 10.2 Å². The van der Waals surface area contributed by atoms with Crippen molar-refractivity contribution in [3.63, 3.8) is 0 Å². The van der Waals surface area contributed by atoms with Crippen LogP contribution in [-0.4, -0.2) is 27.4 Å². The van der Waals surface area contributed by atoms with Gasteiger partial charge in [-0.3, -0.25) is 14.5 Å². The van der Waals surface area contributed by atoms with Gasteiger partial charge in [0.05, 0.1) is 0 Å². The van der Waals surface area contributed by atoms with Crippen molar-refractivity contribution >= 4 is 40.4 Å². The third-order valence-corrected chi connectivity index (χ3v) is 6.58. The van der Waals surface area contributed by atoms with E-state index in [0.29, 0.717) is 10.6 Å². The summed E-state index contributed by atoms with van der Waals surface area (Å²) >= 11 is 2.43. The Bertz CT molecular complexity index is 988. The number of aromatic nitrogens is 2. The molecular weight excluding hydrogens is 423 g/mol. The fourth-order valence-electron chi connectivity index (χ4n) is 3.74. The highest BCUT2D eigenvalue weighted by Crippen LogP contribution is 2.33. The number of amides is 2. The van der Waals surface area contributed by atoms with Gasteiger partial charge in [0.15, 0.2) is 11.7 Å². The third kappa shape index (κ3) is 4.57. The van der Waals surface area contributed by atoms with Gasteiger partial charge in [-0.05, 0) is 54.0 Å². The lowest BCUT2D eigenvalue weighted by molar-refractivity contribution is -0.123. The lowest BCUT2D eigenvalue weighted by Crippen LogP contribution is -2.47. The molecule has 0 unspecified atom stereocenters. The van der Waals surface area contributed by atoms with Gasteiger partial charge < -0.3 is 5.32 Å². The van der Waals surface area contributed by atoms with Gasteiger partial charge in [0, 0.05) is 22.0 Å². The van der Waals surface area contributed by atoms with E-state index in [2.05, 4.69) is 14.9 Å². The van der Waals surface area contributed by atoms with Gasteiger partial charge in [-0.25, -0.2) is 4.39 Å². The second-order valence-corrected chi connectivity index (χ2v) is 8.80. The molecule has 2 amide bonds. The minimum Gasteiger partial charge on any atom is -0.351 e. The van der Waals surface area contributed by atoms with Crippen LogP contribution in [0.25, 0.3) is 0 Å². The molecule has 1 fully saturated rings. The Balaban J connectivity index is 1.74. The molecule has 0 aliphatic heterocycles. The fraction of sp³-hybridized carbons (Fsp3) is 0.333. The first kappa shape index (κ1) is 20.6. The standard InChI is InChI=1S/C21H21FN4O2S2/c22-14-6-4-9-16(12-14)26(21(28)17-13-30-25-24-17)19(18-10-5-11-29-18)20(27)23-15-7-2-1-3-8-15/h4-6,9-13,15,19H,1-3,7-8H2,(H,23,27)/t19-/m0/s1. The number of hydrogen-bond acceptors (Lipinski definition) is 6. The molecule has 0 spiro atoms. The highest BCUT2D eigenvalue weighted by atomic mass is 32.1. The molecule has 1 aliphatic carbocycles. The first-order valence-electron chi connectivity index (χ1n) is 9.83. The number of anilines is 1. The Morgan fingerprint density at radius 3 is 2.67 bits per heavy atom. The molecule has 9 heteroatoms. The van der Waals surface area contributed by atoms with E-state index in [0.717, 1.165) is 37.2 Å². The molecule has 30 heavy (non-hydrogen) atoms. The van der Waals surface area contributed by atoms with E-state index in [1.165, 1.54) is 46.2 Å². The molecule has 1 saturated carbocycles. The molecule has 4 rings (SSSR count). The summed E-state index contributed by atoms with van der Waals surface area (Å²) in [6.45, 7) is 0. The summed E-state index contributed by atoms with van der Waals surface area (Å²) in [5, 5.41) is 10.4. The number of carbonyl (C=O) groups excluding carboxylic acids is 2. The van der Waals surface area contributed by atoms with Crippen LogP contribution in [0.15, 0.2) is 47.2 Å². The van der Waals surface area contributed by atoms with Crippen LogP contribution in [-0.2, 0) is 4.79 Å². The molecule has 0 radical (unpaired) electrons. The van der Waals surface area contributed by atoms with E-state index in [9.17, 15) is 14.0 Å². The summed E-state index contributed by atoms with van der Waals surface area (Å²) in [6.07, 6.45) is 5.17. The van der Waals surface area contributed by atoms with Crippen molar-refractivity contribution in [3.05, 3.63) is 63.5 Å². The Morgan fingerprint density at radius 1 is 1.17 bits per heavy atom. The maximum Gasteiger partial charge on any atom is 0.280 e. The maximum absolute atomic E-state index is 14.1. The SMILES string of the molecule is O=C(NC1CCCCC1)[C@H](c1cccs1)N(C(=O)c1csnn1)c1cccc(F)c1. The largest absolute Gasteiger partial charge is 0.351 e. The highest BCUT2D eigenvalue weighted by Gasteiger charge is 2.36. The van der Waals surface area contributed by atoms with Crippen LogP contribution >= 0.6 is 22.9 Å². The lowest BCUT2D eigenvalue weighted by atomic mass is 9.95. The molecule has 1 atom stereocenters. The Kier molecular flexibility index (Phi) is 6.49. The second kappa shape index (κ2) is 9.44. The number of hydrogen-bond donors (Lipinski definition) is 1. The van der Waals surface area contributed by atoms with E-state index < -0.39 is 17.8 Å². The fourth-order valence-corrected chi connectivity index (χ4v) is 4.98. The van der Waals surface area contributed by atoms with Crippen LogP contribution in [0.2, 0.25) is 0 Å². The molecular formula is C21H21FN4O2S2. The van der Waals surface area contributed by atoms with Crippen molar-refractivity contribution in [1.82, 2.24) is 14.9 Å². The van der Waals surface area contributed by atoms with E-state index in [-0.39, 0.29) is 17.6 Å². The number of nitrogens with zero attached hydrogens (tertiary/aromatic N) is 3. The number of carbonyl (C=O) groups is 2. The van der Waals surface area contributed by atoms with Gasteiger partial charge in [-0.1, -0.05) is 35.9 Å². The smallest absolute Gasteiger partial charge is 0.280 e. The second-order valence-electron chi connectivity index (χ2n) is 7.21. The number of nitrogens with one attached hydrogen (secondary N) is 1. The summed E-state index contributed by atoms with van der Waals surface area (Å²) in [5.41, 5.74) is 0.418. The minimum atomic E-state index is -0.928. The molecule has 1 aromatic carbocycles. The average molecular weight is 445 g/mol. The monoisotopic (exact) mass is 444 g/mol. The van der Waals surface area contributed by atoms with Crippen molar-refractivity contribution in [2.75, 3.05) is 4.90 Å². The number of rotatable bonds is 6. The van der Waals surface area contributed by atoms with Crippen LogP contribution in [0, 0.1) is 5.82 Å². The van der Waals surface area contributed by atoms with Gasteiger partial charge >= 0.3 is 0 Å². The minimum absolute atomic E-state index is 0.0825. The van der Waals surface area contributed by atoms with Crippen molar-refractivity contribution in [3.8, 4) is 0 Å². The summed E-state index contributed by atoms with van der Waals surface area (Å²) in [5.74, 6) is -1.25. The number of halogens is 1. The van der Waals surface area contributed by atoms with Crippen molar-refractivity contribution in [2.24, 2.45) is 0 Å². The molecule has 0 saturated heterocycles. The van der Waals surface area contributed by atoms with Crippen molar-refractivity contribution in [1.29, 1.82) is 0 Å². The predicted molar refractivity (Wildman–Crippen MR) is 115 cm³/mol. The van der Waals surface area contributed by atoms with E-state index in [4.69, 9.17) is 0 Å². The van der Waals surface area contributed by atoms with Gasteiger partial charge in [0.25, 0.3) is 5.91 Å². The normalized spacial score (nSPS) is 15.5. The first-order chi connectivity index (χ1) is 14.6. The van der Waals surface area contributed by atoms with Crippen molar-refractivity contribution in [2.45, 2.75) is 44.2 Å². The van der Waals surface area contributed by atoms with Crippen LogP contribution in [0.1, 0.15) is 53.5 Å². The number of thiophene rings is 1.